The molecule has 1 unspecified atom stereocenters. The molecule has 0 aliphatic heterocycles. The van der Waals surface area contributed by atoms with E-state index in [2.05, 4.69) is 48.8 Å². The first-order valence-electron chi connectivity index (χ1n) is 4.40. The van der Waals surface area contributed by atoms with Gasteiger partial charge in [0, 0.05) is 17.3 Å². The fourth-order valence-corrected chi connectivity index (χ4v) is 3.19. The molecule has 13 heavy (non-hydrogen) atoms. The highest BCUT2D eigenvalue weighted by molar-refractivity contribution is 9.11. The maximum Gasteiger partial charge on any atom is 0.0701 e. The van der Waals surface area contributed by atoms with Crippen LogP contribution in [0.5, 0.6) is 0 Å². The molecule has 2 N–H and O–H groups in total. The van der Waals surface area contributed by atoms with Crippen LogP contribution in [0, 0.1) is 5.41 Å². The summed E-state index contributed by atoms with van der Waals surface area (Å²) < 4.78 is 1.19. The zero-order valence-electron chi connectivity index (χ0n) is 8.30. The van der Waals surface area contributed by atoms with Gasteiger partial charge in [-0.1, -0.05) is 20.8 Å². The minimum absolute atomic E-state index is 0.249. The molecular weight excluding hydrogens is 246 g/mol. The van der Waals surface area contributed by atoms with Gasteiger partial charge in [-0.05, 0) is 33.5 Å². The van der Waals surface area contributed by atoms with Gasteiger partial charge in [-0.3, -0.25) is 0 Å². The number of nitrogens with two attached hydrogens (primary N) is 1. The minimum Gasteiger partial charge on any atom is -0.330 e. The van der Waals surface area contributed by atoms with Gasteiger partial charge in [0.1, 0.15) is 0 Å². The molecule has 0 spiro atoms. The van der Waals surface area contributed by atoms with Crippen LogP contribution in [0.3, 0.4) is 0 Å². The molecule has 0 fully saturated rings. The molecule has 1 aromatic rings. The molecule has 0 saturated carbocycles. The van der Waals surface area contributed by atoms with Crippen LogP contribution in [0.25, 0.3) is 0 Å². The highest BCUT2D eigenvalue weighted by Gasteiger charge is 2.25. The summed E-state index contributed by atoms with van der Waals surface area (Å²) in [5.41, 5.74) is 6.04. The third-order valence-electron chi connectivity index (χ3n) is 2.22. The number of hydrogen-bond donors (Lipinski definition) is 1. The monoisotopic (exact) mass is 261 g/mol. The Balaban J connectivity index is 2.91. The van der Waals surface area contributed by atoms with Crippen LogP contribution >= 0.6 is 27.3 Å². The summed E-state index contributed by atoms with van der Waals surface area (Å²) in [7, 11) is 0. The molecule has 1 rings (SSSR count). The molecule has 0 aliphatic carbocycles. The van der Waals surface area contributed by atoms with Gasteiger partial charge in [0.2, 0.25) is 0 Å². The molecule has 1 atom stereocenters. The van der Waals surface area contributed by atoms with E-state index >= 15 is 0 Å². The molecule has 74 valence electrons. The fraction of sp³-hybridized carbons (Fsp3) is 0.600. The van der Waals surface area contributed by atoms with Crippen LogP contribution in [0.1, 0.15) is 31.6 Å². The number of rotatable bonds is 2. The normalized spacial score (nSPS) is 14.5. The van der Waals surface area contributed by atoms with Crippen molar-refractivity contribution in [3.8, 4) is 0 Å². The van der Waals surface area contributed by atoms with Gasteiger partial charge in [0.15, 0.2) is 0 Å². The lowest BCUT2D eigenvalue weighted by Crippen LogP contribution is -2.25. The van der Waals surface area contributed by atoms with E-state index < -0.39 is 0 Å². The van der Waals surface area contributed by atoms with Gasteiger partial charge in [-0.2, -0.15) is 0 Å². The molecule has 0 amide bonds. The van der Waals surface area contributed by atoms with Crippen LogP contribution in [-0.4, -0.2) is 6.54 Å². The van der Waals surface area contributed by atoms with Crippen molar-refractivity contribution in [3.63, 3.8) is 0 Å². The summed E-state index contributed by atoms with van der Waals surface area (Å²) in [4.78, 5) is 1.38. The molecule has 1 aromatic heterocycles. The number of halogens is 1. The first kappa shape index (κ1) is 11.2. The van der Waals surface area contributed by atoms with Crippen molar-refractivity contribution < 1.29 is 0 Å². The summed E-state index contributed by atoms with van der Waals surface area (Å²) in [6.45, 7) is 7.42. The zero-order valence-corrected chi connectivity index (χ0v) is 10.7. The maximum absolute atomic E-state index is 5.79. The molecule has 0 bridgehead atoms. The summed E-state index contributed by atoms with van der Waals surface area (Å²) in [5.74, 6) is 0.462. The second kappa shape index (κ2) is 4.11. The van der Waals surface area contributed by atoms with E-state index in [9.17, 15) is 0 Å². The van der Waals surface area contributed by atoms with E-state index in [-0.39, 0.29) is 5.41 Å². The quantitative estimate of drug-likeness (QED) is 0.865. The summed E-state index contributed by atoms with van der Waals surface area (Å²) in [6, 6.07) is 4.26. The van der Waals surface area contributed by atoms with E-state index in [0.29, 0.717) is 5.92 Å². The Morgan fingerprint density at radius 1 is 1.46 bits per heavy atom. The summed E-state index contributed by atoms with van der Waals surface area (Å²) >= 11 is 5.26. The van der Waals surface area contributed by atoms with Gasteiger partial charge in [0.25, 0.3) is 0 Å². The molecule has 1 heterocycles. The second-order valence-corrected chi connectivity index (χ2v) is 6.79. The van der Waals surface area contributed by atoms with E-state index in [0.717, 1.165) is 6.54 Å². The Morgan fingerprint density at radius 2 is 2.08 bits per heavy atom. The van der Waals surface area contributed by atoms with Crippen molar-refractivity contribution in [1.29, 1.82) is 0 Å². The lowest BCUT2D eigenvalue weighted by molar-refractivity contribution is 0.329. The predicted molar refractivity (Wildman–Crippen MR) is 63.3 cm³/mol. The Morgan fingerprint density at radius 3 is 2.38 bits per heavy atom. The van der Waals surface area contributed by atoms with Gasteiger partial charge >= 0.3 is 0 Å². The van der Waals surface area contributed by atoms with E-state index in [1.54, 1.807) is 11.3 Å². The predicted octanol–water partition coefficient (Wildman–Crippen LogP) is 3.60. The van der Waals surface area contributed by atoms with Gasteiger partial charge < -0.3 is 5.73 Å². The van der Waals surface area contributed by atoms with E-state index in [1.807, 2.05) is 0 Å². The molecule has 0 aromatic carbocycles. The van der Waals surface area contributed by atoms with Crippen molar-refractivity contribution in [3.05, 3.63) is 20.8 Å². The Labute approximate surface area is 92.5 Å². The van der Waals surface area contributed by atoms with Crippen molar-refractivity contribution in [2.75, 3.05) is 6.54 Å². The molecule has 0 aliphatic rings. The lowest BCUT2D eigenvalue weighted by atomic mass is 9.80. The first-order valence-corrected chi connectivity index (χ1v) is 6.01. The van der Waals surface area contributed by atoms with E-state index in [4.69, 9.17) is 5.73 Å². The highest BCUT2D eigenvalue weighted by Crippen LogP contribution is 2.38. The van der Waals surface area contributed by atoms with Crippen LogP contribution in [-0.2, 0) is 0 Å². The Hall–Kier alpha value is 0.140. The van der Waals surface area contributed by atoms with E-state index in [1.165, 1.54) is 8.66 Å². The third-order valence-corrected chi connectivity index (χ3v) is 3.96. The van der Waals surface area contributed by atoms with Crippen LogP contribution in [0.15, 0.2) is 15.9 Å². The van der Waals surface area contributed by atoms with Crippen molar-refractivity contribution in [2.45, 2.75) is 26.7 Å². The molecular formula is C10H16BrNS. The fourth-order valence-electron chi connectivity index (χ4n) is 1.41. The molecule has 1 nitrogen and oxygen atoms in total. The number of hydrogen-bond acceptors (Lipinski definition) is 2. The van der Waals surface area contributed by atoms with Crippen LogP contribution in [0.4, 0.5) is 0 Å². The van der Waals surface area contributed by atoms with Crippen molar-refractivity contribution in [2.24, 2.45) is 11.1 Å². The average molecular weight is 262 g/mol. The first-order chi connectivity index (χ1) is 5.95. The lowest BCUT2D eigenvalue weighted by Gasteiger charge is -2.28. The SMILES string of the molecule is CC(C)(C)C(CN)c1ccc(Br)s1. The third kappa shape index (κ3) is 2.79. The van der Waals surface area contributed by atoms with Crippen LogP contribution < -0.4 is 5.73 Å². The molecule has 0 saturated heterocycles. The maximum atomic E-state index is 5.79. The highest BCUT2D eigenvalue weighted by atomic mass is 79.9. The number of thiophene rings is 1. The molecule has 3 heteroatoms. The average Bonchev–Trinajstić information content (AvgIpc) is 2.34. The molecule has 0 radical (unpaired) electrons. The van der Waals surface area contributed by atoms with Gasteiger partial charge in [-0.25, -0.2) is 0 Å². The van der Waals surface area contributed by atoms with Gasteiger partial charge in [-0.15, -0.1) is 11.3 Å². The Kier molecular flexibility index (Phi) is 3.55. The van der Waals surface area contributed by atoms with Crippen molar-refractivity contribution in [1.82, 2.24) is 0 Å². The summed E-state index contributed by atoms with van der Waals surface area (Å²) in [5, 5.41) is 0. The Bertz CT molecular complexity index is 275. The topological polar surface area (TPSA) is 26.0 Å². The zero-order chi connectivity index (χ0) is 10.1. The van der Waals surface area contributed by atoms with Gasteiger partial charge in [0.05, 0.1) is 3.79 Å². The second-order valence-electron chi connectivity index (χ2n) is 4.30. The van der Waals surface area contributed by atoms with Crippen LogP contribution in [0.2, 0.25) is 0 Å². The standard InChI is InChI=1S/C10H16BrNS/c1-10(2,3)7(6-12)8-4-5-9(11)13-8/h4-5,7H,6,12H2,1-3H3. The minimum atomic E-state index is 0.249. The summed E-state index contributed by atoms with van der Waals surface area (Å²) in [6.07, 6.45) is 0. The smallest absolute Gasteiger partial charge is 0.0701 e. The largest absolute Gasteiger partial charge is 0.330 e. The van der Waals surface area contributed by atoms with Crippen molar-refractivity contribution >= 4 is 27.3 Å².